The first-order chi connectivity index (χ1) is 8.60. The van der Waals surface area contributed by atoms with Crippen molar-refractivity contribution in [2.75, 3.05) is 13.1 Å². The zero-order valence-corrected chi connectivity index (χ0v) is 9.90. The number of hydrogen-bond acceptors (Lipinski definition) is 4. The summed E-state index contributed by atoms with van der Waals surface area (Å²) in [6, 6.07) is 4.13. The van der Waals surface area contributed by atoms with Crippen LogP contribution in [0.25, 0.3) is 0 Å². The number of benzene rings is 1. The number of nitrogen functional groups attached to an aromatic ring is 1. The Balaban J connectivity index is 2.13. The molecule has 4 N–H and O–H groups in total. The summed E-state index contributed by atoms with van der Waals surface area (Å²) in [5, 5.41) is 9.41. The fourth-order valence-electron chi connectivity index (χ4n) is 2.12. The second-order valence-electron chi connectivity index (χ2n) is 4.46. The van der Waals surface area contributed by atoms with E-state index in [4.69, 9.17) is 5.84 Å². The van der Waals surface area contributed by atoms with E-state index in [9.17, 15) is 14.3 Å². The van der Waals surface area contributed by atoms with Gasteiger partial charge in [-0.2, -0.15) is 0 Å². The second-order valence-corrected chi connectivity index (χ2v) is 4.46. The predicted molar refractivity (Wildman–Crippen MR) is 64.0 cm³/mol. The van der Waals surface area contributed by atoms with Crippen LogP contribution >= 0.6 is 0 Å². The Morgan fingerprint density at radius 2 is 2.39 bits per heavy atom. The van der Waals surface area contributed by atoms with Gasteiger partial charge in [0.1, 0.15) is 5.82 Å². The lowest BCUT2D eigenvalue weighted by Crippen LogP contribution is -2.30. The molecule has 98 valence electrons. The summed E-state index contributed by atoms with van der Waals surface area (Å²) in [5.41, 5.74) is 2.78. The summed E-state index contributed by atoms with van der Waals surface area (Å²) in [7, 11) is 0. The summed E-state index contributed by atoms with van der Waals surface area (Å²) in [6.45, 7) is 1.65. The molecule has 0 spiro atoms. The van der Waals surface area contributed by atoms with Crippen LogP contribution in [-0.2, 0) is 6.54 Å². The van der Waals surface area contributed by atoms with Gasteiger partial charge in [0.2, 0.25) is 0 Å². The van der Waals surface area contributed by atoms with Crippen molar-refractivity contribution in [1.29, 1.82) is 0 Å². The Morgan fingerprint density at radius 3 is 3.00 bits per heavy atom. The molecule has 0 aliphatic carbocycles. The lowest BCUT2D eigenvalue weighted by Gasteiger charge is -2.15. The highest BCUT2D eigenvalue weighted by atomic mass is 19.1. The first kappa shape index (κ1) is 12.9. The fraction of sp³-hybridized carbons (Fsp3) is 0.417. The maximum absolute atomic E-state index is 13.6. The van der Waals surface area contributed by atoms with Gasteiger partial charge in [-0.3, -0.25) is 15.1 Å². The number of carbonyl (C=O) groups is 1. The molecule has 1 aromatic carbocycles. The summed E-state index contributed by atoms with van der Waals surface area (Å²) in [6.07, 6.45) is 0.355. The highest BCUT2D eigenvalue weighted by molar-refractivity contribution is 5.93. The van der Waals surface area contributed by atoms with Gasteiger partial charge in [-0.05, 0) is 24.6 Å². The molecule has 0 aromatic heterocycles. The van der Waals surface area contributed by atoms with Crippen molar-refractivity contribution in [3.8, 4) is 0 Å². The molecule has 5 nitrogen and oxygen atoms in total. The Labute approximate surface area is 104 Å². The number of halogens is 1. The van der Waals surface area contributed by atoms with E-state index >= 15 is 0 Å². The van der Waals surface area contributed by atoms with E-state index < -0.39 is 5.91 Å². The Kier molecular flexibility index (Phi) is 3.90. The number of aliphatic hydroxyl groups is 1. The first-order valence-corrected chi connectivity index (χ1v) is 5.80. The van der Waals surface area contributed by atoms with Crippen LogP contribution in [0.15, 0.2) is 18.2 Å². The molecule has 6 heteroatoms. The lowest BCUT2D eigenvalue weighted by atomic mass is 10.1. The van der Waals surface area contributed by atoms with E-state index in [0.717, 1.165) is 6.54 Å². The van der Waals surface area contributed by atoms with Crippen molar-refractivity contribution in [3.05, 3.63) is 35.1 Å². The van der Waals surface area contributed by atoms with Crippen LogP contribution in [0.1, 0.15) is 22.3 Å². The molecule has 1 aliphatic heterocycles. The van der Waals surface area contributed by atoms with Gasteiger partial charge < -0.3 is 5.11 Å². The molecule has 18 heavy (non-hydrogen) atoms. The van der Waals surface area contributed by atoms with Gasteiger partial charge in [-0.1, -0.05) is 0 Å². The van der Waals surface area contributed by atoms with Crippen LogP contribution in [0.2, 0.25) is 0 Å². The molecule has 1 atom stereocenters. The number of carbonyl (C=O) groups excluding carboxylic acids is 1. The smallest absolute Gasteiger partial charge is 0.265 e. The number of hydrazine groups is 1. The van der Waals surface area contributed by atoms with Gasteiger partial charge in [0.25, 0.3) is 5.91 Å². The quantitative estimate of drug-likeness (QED) is 0.402. The third-order valence-electron chi connectivity index (χ3n) is 3.08. The predicted octanol–water partition coefficient (Wildman–Crippen LogP) is -0.00420. The number of aliphatic hydroxyl groups excluding tert-OH is 1. The van der Waals surface area contributed by atoms with E-state index in [0.29, 0.717) is 30.6 Å². The highest BCUT2D eigenvalue weighted by Crippen LogP contribution is 2.17. The minimum absolute atomic E-state index is 0.327. The Bertz CT molecular complexity index is 453. The summed E-state index contributed by atoms with van der Waals surface area (Å²) >= 11 is 0. The minimum Gasteiger partial charge on any atom is -0.392 e. The van der Waals surface area contributed by atoms with E-state index in [2.05, 4.69) is 0 Å². The number of nitrogens with one attached hydrogen (secondary N) is 1. The number of amides is 1. The van der Waals surface area contributed by atoms with Crippen LogP contribution in [0.3, 0.4) is 0 Å². The largest absolute Gasteiger partial charge is 0.392 e. The molecule has 1 unspecified atom stereocenters. The van der Waals surface area contributed by atoms with E-state index in [1.807, 2.05) is 10.3 Å². The van der Waals surface area contributed by atoms with E-state index in [1.165, 1.54) is 18.2 Å². The monoisotopic (exact) mass is 253 g/mol. The zero-order valence-electron chi connectivity index (χ0n) is 9.90. The molecule has 1 amide bonds. The van der Waals surface area contributed by atoms with Crippen LogP contribution in [-0.4, -0.2) is 35.1 Å². The van der Waals surface area contributed by atoms with Gasteiger partial charge in [0.05, 0.1) is 6.10 Å². The minimum atomic E-state index is -0.447. The standard InChI is InChI=1S/C12H16FN3O2/c13-11-2-1-8(12(18)15-14)5-9(11)6-16-4-3-10(17)7-16/h1-2,5,10,17H,3-4,6-7,14H2,(H,15,18). The lowest BCUT2D eigenvalue weighted by molar-refractivity contribution is 0.0953. The fourth-order valence-corrected chi connectivity index (χ4v) is 2.12. The number of nitrogens with two attached hydrogens (primary N) is 1. The zero-order chi connectivity index (χ0) is 13.1. The number of rotatable bonds is 3. The van der Waals surface area contributed by atoms with Gasteiger partial charge in [0, 0.05) is 30.8 Å². The molecule has 1 saturated heterocycles. The number of nitrogens with zero attached hydrogens (tertiary/aromatic N) is 1. The number of β-amino-alcohol motifs (C(OH)–C–C–N with tert-alkyl or cyclic N) is 1. The van der Waals surface area contributed by atoms with Gasteiger partial charge in [0.15, 0.2) is 0 Å². The maximum atomic E-state index is 13.6. The van der Waals surface area contributed by atoms with Crippen LogP contribution in [0, 0.1) is 5.82 Å². The molecule has 1 fully saturated rings. The van der Waals surface area contributed by atoms with Gasteiger partial charge in [-0.15, -0.1) is 0 Å². The second kappa shape index (κ2) is 5.43. The highest BCUT2D eigenvalue weighted by Gasteiger charge is 2.21. The third-order valence-corrected chi connectivity index (χ3v) is 3.08. The van der Waals surface area contributed by atoms with Crippen molar-refractivity contribution in [2.24, 2.45) is 5.84 Å². The van der Waals surface area contributed by atoms with Crippen molar-refractivity contribution in [3.63, 3.8) is 0 Å². The molecule has 2 rings (SSSR count). The summed E-state index contributed by atoms with van der Waals surface area (Å²) in [5.74, 6) is 4.23. The molecule has 0 radical (unpaired) electrons. The topological polar surface area (TPSA) is 78.6 Å². The molecule has 0 bridgehead atoms. The van der Waals surface area contributed by atoms with E-state index in [1.54, 1.807) is 0 Å². The maximum Gasteiger partial charge on any atom is 0.265 e. The van der Waals surface area contributed by atoms with Crippen molar-refractivity contribution < 1.29 is 14.3 Å². The van der Waals surface area contributed by atoms with E-state index in [-0.39, 0.29) is 11.9 Å². The normalized spacial score (nSPS) is 20.1. The Morgan fingerprint density at radius 1 is 1.61 bits per heavy atom. The van der Waals surface area contributed by atoms with Crippen molar-refractivity contribution in [2.45, 2.75) is 19.1 Å². The SMILES string of the molecule is NNC(=O)c1ccc(F)c(CN2CCC(O)C2)c1. The summed E-state index contributed by atoms with van der Waals surface area (Å²) in [4.78, 5) is 13.3. The van der Waals surface area contributed by atoms with Gasteiger partial charge >= 0.3 is 0 Å². The molecular weight excluding hydrogens is 237 g/mol. The molecule has 1 aliphatic rings. The van der Waals surface area contributed by atoms with Gasteiger partial charge in [-0.25, -0.2) is 10.2 Å². The molecule has 1 heterocycles. The molecule has 0 saturated carbocycles. The van der Waals surface area contributed by atoms with Crippen molar-refractivity contribution in [1.82, 2.24) is 10.3 Å². The molecular formula is C12H16FN3O2. The Hall–Kier alpha value is -1.50. The number of hydrogen-bond donors (Lipinski definition) is 3. The van der Waals surface area contributed by atoms with Crippen LogP contribution in [0.5, 0.6) is 0 Å². The summed E-state index contributed by atoms with van der Waals surface area (Å²) < 4.78 is 13.6. The van der Waals surface area contributed by atoms with Crippen LogP contribution < -0.4 is 11.3 Å². The average Bonchev–Trinajstić information content (AvgIpc) is 2.76. The van der Waals surface area contributed by atoms with Crippen LogP contribution in [0.4, 0.5) is 4.39 Å². The third kappa shape index (κ3) is 2.84. The molecule has 1 aromatic rings. The van der Waals surface area contributed by atoms with Crippen molar-refractivity contribution >= 4 is 5.91 Å². The first-order valence-electron chi connectivity index (χ1n) is 5.80. The number of likely N-dealkylation sites (tertiary alicyclic amines) is 1. The average molecular weight is 253 g/mol.